The van der Waals surface area contributed by atoms with Crippen molar-refractivity contribution < 1.29 is 4.42 Å². The molecule has 6 heteroatoms. The maximum absolute atomic E-state index is 5.74. The Kier molecular flexibility index (Phi) is 5.31. The predicted octanol–water partition coefficient (Wildman–Crippen LogP) is 1.49. The van der Waals surface area contributed by atoms with Crippen molar-refractivity contribution in [1.29, 1.82) is 0 Å². The fraction of sp³-hybridized carbons (Fsp3) is 0.875. The molecule has 3 rings (SSSR count). The van der Waals surface area contributed by atoms with Crippen LogP contribution in [0.3, 0.4) is 0 Å². The molecule has 2 saturated heterocycles. The smallest absolute Gasteiger partial charge is 0.318 e. The summed E-state index contributed by atoms with van der Waals surface area (Å²) in [5.41, 5.74) is 0. The van der Waals surface area contributed by atoms with Gasteiger partial charge in [0.15, 0.2) is 0 Å². The SMILES string of the molecule is CCCc1nnc(N2CCN(CC3CCCN(C)C3)CC2)o1. The minimum atomic E-state index is 0.709. The topological polar surface area (TPSA) is 48.6 Å². The Labute approximate surface area is 133 Å². The zero-order valence-electron chi connectivity index (χ0n) is 14.0. The molecule has 1 aromatic rings. The van der Waals surface area contributed by atoms with Crippen LogP contribution in [-0.4, -0.2) is 72.9 Å². The van der Waals surface area contributed by atoms with E-state index in [1.165, 1.54) is 32.5 Å². The van der Waals surface area contributed by atoms with Gasteiger partial charge in [-0.15, -0.1) is 5.10 Å². The van der Waals surface area contributed by atoms with Crippen LogP contribution >= 0.6 is 0 Å². The van der Waals surface area contributed by atoms with Crippen LogP contribution in [0, 0.1) is 5.92 Å². The van der Waals surface area contributed by atoms with E-state index in [0.717, 1.165) is 50.8 Å². The number of hydrogen-bond acceptors (Lipinski definition) is 6. The van der Waals surface area contributed by atoms with Gasteiger partial charge in [-0.1, -0.05) is 12.0 Å². The number of hydrogen-bond donors (Lipinski definition) is 0. The summed E-state index contributed by atoms with van der Waals surface area (Å²) in [5.74, 6) is 1.61. The number of anilines is 1. The molecule has 2 aliphatic heterocycles. The van der Waals surface area contributed by atoms with E-state index >= 15 is 0 Å². The molecular weight excluding hydrogens is 278 g/mol. The number of piperazine rings is 1. The van der Waals surface area contributed by atoms with E-state index in [1.54, 1.807) is 0 Å². The monoisotopic (exact) mass is 307 g/mol. The van der Waals surface area contributed by atoms with Crippen molar-refractivity contribution in [3.05, 3.63) is 5.89 Å². The third-order valence-electron chi connectivity index (χ3n) is 4.80. The summed E-state index contributed by atoms with van der Waals surface area (Å²) < 4.78 is 5.74. The molecule has 0 aromatic carbocycles. The van der Waals surface area contributed by atoms with Crippen LogP contribution in [0.2, 0.25) is 0 Å². The van der Waals surface area contributed by atoms with E-state index < -0.39 is 0 Å². The van der Waals surface area contributed by atoms with E-state index in [9.17, 15) is 0 Å². The van der Waals surface area contributed by atoms with Crippen LogP contribution in [0.4, 0.5) is 6.01 Å². The Morgan fingerprint density at radius 2 is 1.95 bits per heavy atom. The van der Waals surface area contributed by atoms with Crippen molar-refractivity contribution in [2.75, 3.05) is 57.8 Å². The molecule has 22 heavy (non-hydrogen) atoms. The van der Waals surface area contributed by atoms with Crippen LogP contribution in [0.15, 0.2) is 4.42 Å². The van der Waals surface area contributed by atoms with Crippen molar-refractivity contribution in [2.45, 2.75) is 32.6 Å². The second-order valence-corrected chi connectivity index (χ2v) is 6.79. The number of aryl methyl sites for hydroxylation is 1. The molecule has 0 radical (unpaired) electrons. The van der Waals surface area contributed by atoms with Crippen LogP contribution in [-0.2, 0) is 6.42 Å². The molecule has 0 spiro atoms. The first-order chi connectivity index (χ1) is 10.7. The molecular formula is C16H29N5O. The van der Waals surface area contributed by atoms with Gasteiger partial charge in [-0.2, -0.15) is 0 Å². The summed E-state index contributed by atoms with van der Waals surface area (Å²) in [7, 11) is 2.24. The minimum absolute atomic E-state index is 0.709. The lowest BCUT2D eigenvalue weighted by molar-refractivity contribution is 0.146. The van der Waals surface area contributed by atoms with Crippen molar-refractivity contribution in [1.82, 2.24) is 20.0 Å². The minimum Gasteiger partial charge on any atom is -0.408 e. The van der Waals surface area contributed by atoms with Gasteiger partial charge in [-0.05, 0) is 38.8 Å². The molecule has 0 amide bonds. The average molecular weight is 307 g/mol. The Morgan fingerprint density at radius 1 is 1.14 bits per heavy atom. The van der Waals surface area contributed by atoms with Gasteiger partial charge in [0.05, 0.1) is 0 Å². The lowest BCUT2D eigenvalue weighted by atomic mass is 9.97. The summed E-state index contributed by atoms with van der Waals surface area (Å²) in [5, 5.41) is 8.32. The summed E-state index contributed by atoms with van der Waals surface area (Å²) in [6, 6.07) is 0.709. The number of rotatable bonds is 5. The highest BCUT2D eigenvalue weighted by molar-refractivity contribution is 5.25. The summed E-state index contributed by atoms with van der Waals surface area (Å²) >= 11 is 0. The quantitative estimate of drug-likeness (QED) is 0.821. The molecule has 0 N–H and O–H groups in total. The van der Waals surface area contributed by atoms with Gasteiger partial charge in [0.2, 0.25) is 5.89 Å². The standard InChI is InChI=1S/C16H29N5O/c1-3-5-15-17-18-16(22-15)21-10-8-20(9-11-21)13-14-6-4-7-19(2)12-14/h14H,3-13H2,1-2H3. The third-order valence-corrected chi connectivity index (χ3v) is 4.80. The molecule has 0 saturated carbocycles. The largest absolute Gasteiger partial charge is 0.408 e. The molecule has 1 atom stereocenters. The highest BCUT2D eigenvalue weighted by Gasteiger charge is 2.25. The zero-order chi connectivity index (χ0) is 15.4. The molecule has 1 unspecified atom stereocenters. The molecule has 0 aliphatic carbocycles. The first kappa shape index (κ1) is 15.7. The maximum atomic E-state index is 5.74. The van der Waals surface area contributed by atoms with E-state index in [4.69, 9.17) is 4.42 Å². The number of nitrogens with zero attached hydrogens (tertiary/aromatic N) is 5. The van der Waals surface area contributed by atoms with E-state index in [-0.39, 0.29) is 0 Å². The first-order valence-electron chi connectivity index (χ1n) is 8.73. The Bertz CT molecular complexity index is 455. The van der Waals surface area contributed by atoms with E-state index in [2.05, 4.69) is 38.9 Å². The predicted molar refractivity (Wildman–Crippen MR) is 87.2 cm³/mol. The average Bonchev–Trinajstić information content (AvgIpc) is 2.97. The summed E-state index contributed by atoms with van der Waals surface area (Å²) in [4.78, 5) is 7.30. The normalized spacial score (nSPS) is 24.8. The highest BCUT2D eigenvalue weighted by atomic mass is 16.4. The van der Waals surface area contributed by atoms with Crippen molar-refractivity contribution in [2.24, 2.45) is 5.92 Å². The Hall–Kier alpha value is -1.14. The summed E-state index contributed by atoms with van der Waals surface area (Å²) in [6.07, 6.45) is 4.66. The van der Waals surface area contributed by atoms with Crippen molar-refractivity contribution in [3.63, 3.8) is 0 Å². The molecule has 0 bridgehead atoms. The van der Waals surface area contributed by atoms with Crippen molar-refractivity contribution in [3.8, 4) is 0 Å². The molecule has 2 fully saturated rings. The van der Waals surface area contributed by atoms with Crippen LogP contribution in [0.1, 0.15) is 32.1 Å². The molecule has 1 aromatic heterocycles. The molecule has 3 heterocycles. The van der Waals surface area contributed by atoms with Crippen molar-refractivity contribution >= 4 is 6.01 Å². The third kappa shape index (κ3) is 3.98. The van der Waals surface area contributed by atoms with Crippen LogP contribution < -0.4 is 4.90 Å². The second kappa shape index (κ2) is 7.42. The van der Waals surface area contributed by atoms with Gasteiger partial charge in [0.1, 0.15) is 0 Å². The lowest BCUT2D eigenvalue weighted by Crippen LogP contribution is -2.49. The molecule has 124 valence electrons. The Balaban J connectivity index is 1.45. The molecule has 6 nitrogen and oxygen atoms in total. The first-order valence-corrected chi connectivity index (χ1v) is 8.73. The van der Waals surface area contributed by atoms with E-state index in [0.29, 0.717) is 6.01 Å². The van der Waals surface area contributed by atoms with Gasteiger partial charge in [-0.3, -0.25) is 4.90 Å². The van der Waals surface area contributed by atoms with Gasteiger partial charge >= 0.3 is 6.01 Å². The molecule has 2 aliphatic rings. The van der Waals surface area contributed by atoms with Crippen LogP contribution in [0.25, 0.3) is 0 Å². The maximum Gasteiger partial charge on any atom is 0.318 e. The fourth-order valence-electron chi connectivity index (χ4n) is 3.60. The Morgan fingerprint density at radius 3 is 2.68 bits per heavy atom. The number of aromatic nitrogens is 2. The lowest BCUT2D eigenvalue weighted by Gasteiger charge is -2.38. The van der Waals surface area contributed by atoms with E-state index in [1.807, 2.05) is 0 Å². The van der Waals surface area contributed by atoms with Gasteiger partial charge < -0.3 is 14.2 Å². The van der Waals surface area contributed by atoms with Gasteiger partial charge in [0.25, 0.3) is 0 Å². The second-order valence-electron chi connectivity index (χ2n) is 6.79. The zero-order valence-corrected chi connectivity index (χ0v) is 14.0. The fourth-order valence-corrected chi connectivity index (χ4v) is 3.60. The summed E-state index contributed by atoms with van der Waals surface area (Å²) in [6.45, 7) is 10.1. The van der Waals surface area contributed by atoms with Gasteiger partial charge in [0, 0.05) is 45.7 Å². The number of likely N-dealkylation sites (tertiary alicyclic amines) is 1. The number of piperidine rings is 1. The highest BCUT2D eigenvalue weighted by Crippen LogP contribution is 2.19. The van der Waals surface area contributed by atoms with Gasteiger partial charge in [-0.25, -0.2) is 0 Å². The van der Waals surface area contributed by atoms with Crippen LogP contribution in [0.5, 0.6) is 0 Å².